The minimum absolute atomic E-state index is 0.107. The van der Waals surface area contributed by atoms with Crippen molar-refractivity contribution in [3.63, 3.8) is 0 Å². The largest absolute Gasteiger partial charge is 0.508 e. The number of ether oxygens (including phenoxy) is 1. The number of carbonyl (C=O) groups excluding carboxylic acids is 1. The standard InChI is InChI=1S/C21H25N5O3/c1-3-17(29-18-7-5-13(22)10-15(18)23)19(20-24-8-9-25-20)21(28)26-14-6-4-12(2)16(27)11-14/h4-11,17,19,27H,3,22-23H2,1-2H3,(H,24,25)(H,26,28). The van der Waals surface area contributed by atoms with Gasteiger partial charge in [-0.05, 0) is 43.2 Å². The Morgan fingerprint density at radius 3 is 2.69 bits per heavy atom. The first-order valence-corrected chi connectivity index (χ1v) is 9.30. The van der Waals surface area contributed by atoms with Gasteiger partial charge in [-0.15, -0.1) is 0 Å². The molecule has 29 heavy (non-hydrogen) atoms. The highest BCUT2D eigenvalue weighted by atomic mass is 16.5. The molecule has 1 amide bonds. The molecule has 0 saturated heterocycles. The van der Waals surface area contributed by atoms with Crippen molar-refractivity contribution in [2.24, 2.45) is 0 Å². The van der Waals surface area contributed by atoms with Crippen LogP contribution in [0, 0.1) is 6.92 Å². The second kappa shape index (κ2) is 8.55. The molecule has 0 radical (unpaired) electrons. The highest BCUT2D eigenvalue weighted by Gasteiger charge is 2.33. The van der Waals surface area contributed by atoms with E-state index in [1.54, 1.807) is 49.6 Å². The molecule has 0 saturated carbocycles. The maximum atomic E-state index is 13.2. The zero-order valence-electron chi connectivity index (χ0n) is 16.3. The third kappa shape index (κ3) is 4.60. The number of phenols is 1. The Morgan fingerprint density at radius 2 is 2.07 bits per heavy atom. The lowest BCUT2D eigenvalue weighted by Crippen LogP contribution is -2.35. The summed E-state index contributed by atoms with van der Waals surface area (Å²) in [7, 11) is 0. The topological polar surface area (TPSA) is 139 Å². The van der Waals surface area contributed by atoms with E-state index >= 15 is 0 Å². The van der Waals surface area contributed by atoms with Crippen LogP contribution < -0.4 is 21.5 Å². The number of aryl methyl sites for hydroxylation is 1. The molecule has 0 aliphatic heterocycles. The summed E-state index contributed by atoms with van der Waals surface area (Å²) in [6, 6.07) is 9.95. The number of benzene rings is 2. The first-order chi connectivity index (χ1) is 13.9. The molecule has 0 fully saturated rings. The van der Waals surface area contributed by atoms with E-state index in [0.717, 1.165) is 5.56 Å². The molecular formula is C21H25N5O3. The first kappa shape index (κ1) is 20.1. The van der Waals surface area contributed by atoms with Gasteiger partial charge in [0.2, 0.25) is 5.91 Å². The third-order valence-corrected chi connectivity index (χ3v) is 4.66. The second-order valence-electron chi connectivity index (χ2n) is 6.80. The average molecular weight is 395 g/mol. The Hall–Kier alpha value is -3.68. The Kier molecular flexibility index (Phi) is 5.92. The van der Waals surface area contributed by atoms with Crippen LogP contribution in [0.4, 0.5) is 17.1 Å². The van der Waals surface area contributed by atoms with E-state index in [1.165, 1.54) is 6.07 Å². The SMILES string of the molecule is CCC(Oc1ccc(N)cc1N)C(C(=O)Nc1ccc(C)c(O)c1)c1ncc[nH]1. The van der Waals surface area contributed by atoms with E-state index < -0.39 is 12.0 Å². The smallest absolute Gasteiger partial charge is 0.238 e. The van der Waals surface area contributed by atoms with Gasteiger partial charge >= 0.3 is 0 Å². The zero-order chi connectivity index (χ0) is 21.0. The number of nitrogens with two attached hydrogens (primary N) is 2. The lowest BCUT2D eigenvalue weighted by Gasteiger charge is -2.26. The van der Waals surface area contributed by atoms with Crippen molar-refractivity contribution in [2.75, 3.05) is 16.8 Å². The van der Waals surface area contributed by atoms with Gasteiger partial charge in [0, 0.05) is 29.8 Å². The maximum Gasteiger partial charge on any atom is 0.238 e. The van der Waals surface area contributed by atoms with Crippen LogP contribution in [0.15, 0.2) is 48.8 Å². The molecule has 152 valence electrons. The summed E-state index contributed by atoms with van der Waals surface area (Å²) < 4.78 is 6.09. The van der Waals surface area contributed by atoms with Crippen LogP contribution in [0.25, 0.3) is 0 Å². The molecule has 7 N–H and O–H groups in total. The molecule has 3 rings (SSSR count). The third-order valence-electron chi connectivity index (χ3n) is 4.66. The summed E-state index contributed by atoms with van der Waals surface area (Å²) in [6.07, 6.45) is 3.22. The molecule has 2 atom stereocenters. The van der Waals surface area contributed by atoms with E-state index in [1.807, 2.05) is 6.92 Å². The molecule has 0 aliphatic carbocycles. The summed E-state index contributed by atoms with van der Waals surface area (Å²) in [5.74, 6) is -0.0159. The number of aromatic nitrogens is 2. The van der Waals surface area contributed by atoms with Crippen LogP contribution >= 0.6 is 0 Å². The van der Waals surface area contributed by atoms with Crippen molar-refractivity contribution in [2.45, 2.75) is 32.3 Å². The van der Waals surface area contributed by atoms with Gasteiger partial charge in [-0.1, -0.05) is 13.0 Å². The van der Waals surface area contributed by atoms with E-state index in [2.05, 4.69) is 15.3 Å². The molecule has 2 aromatic carbocycles. The fraction of sp³-hybridized carbons (Fsp3) is 0.238. The summed E-state index contributed by atoms with van der Waals surface area (Å²) >= 11 is 0. The number of aromatic hydroxyl groups is 1. The molecule has 1 heterocycles. The number of carbonyl (C=O) groups is 1. The van der Waals surface area contributed by atoms with Crippen LogP contribution in [-0.2, 0) is 4.79 Å². The quantitative estimate of drug-likeness (QED) is 0.389. The number of aromatic amines is 1. The minimum Gasteiger partial charge on any atom is -0.508 e. The van der Waals surface area contributed by atoms with Gasteiger partial charge in [-0.3, -0.25) is 4.79 Å². The number of rotatable bonds is 7. The number of nitrogens with zero attached hydrogens (tertiary/aromatic N) is 1. The number of imidazole rings is 1. The van der Waals surface area contributed by atoms with Gasteiger partial charge in [0.25, 0.3) is 0 Å². The minimum atomic E-state index is -0.726. The van der Waals surface area contributed by atoms with Crippen molar-refractivity contribution >= 4 is 23.0 Å². The monoisotopic (exact) mass is 395 g/mol. The van der Waals surface area contributed by atoms with Crippen molar-refractivity contribution < 1.29 is 14.6 Å². The van der Waals surface area contributed by atoms with Crippen molar-refractivity contribution in [1.29, 1.82) is 0 Å². The van der Waals surface area contributed by atoms with E-state index in [9.17, 15) is 9.90 Å². The number of amides is 1. The Labute approximate surface area is 168 Å². The highest BCUT2D eigenvalue weighted by molar-refractivity contribution is 5.96. The molecule has 2 unspecified atom stereocenters. The number of nitrogens with one attached hydrogen (secondary N) is 2. The fourth-order valence-electron chi connectivity index (χ4n) is 3.05. The average Bonchev–Trinajstić information content (AvgIpc) is 3.20. The Balaban J connectivity index is 1.88. The van der Waals surface area contributed by atoms with Crippen molar-refractivity contribution in [3.8, 4) is 11.5 Å². The molecular weight excluding hydrogens is 370 g/mol. The molecule has 8 nitrogen and oxygen atoms in total. The summed E-state index contributed by atoms with van der Waals surface area (Å²) in [4.78, 5) is 20.4. The van der Waals surface area contributed by atoms with Crippen LogP contribution in [0.5, 0.6) is 11.5 Å². The highest BCUT2D eigenvalue weighted by Crippen LogP contribution is 2.31. The number of phenolic OH excluding ortho intramolecular Hbond substituents is 1. The molecule has 0 aliphatic rings. The summed E-state index contributed by atoms with van der Waals surface area (Å²) in [6.45, 7) is 3.70. The lowest BCUT2D eigenvalue weighted by atomic mass is 9.97. The van der Waals surface area contributed by atoms with Crippen molar-refractivity contribution in [1.82, 2.24) is 9.97 Å². The summed E-state index contributed by atoms with van der Waals surface area (Å²) in [5, 5.41) is 12.8. The van der Waals surface area contributed by atoms with Gasteiger partial charge in [0.05, 0.1) is 5.69 Å². The van der Waals surface area contributed by atoms with Crippen LogP contribution in [0.1, 0.15) is 30.7 Å². The van der Waals surface area contributed by atoms with Gasteiger partial charge in [0.1, 0.15) is 29.3 Å². The number of hydrogen-bond donors (Lipinski definition) is 5. The Bertz CT molecular complexity index is 988. The van der Waals surface area contributed by atoms with E-state index in [0.29, 0.717) is 35.1 Å². The molecule has 0 bridgehead atoms. The molecule has 0 spiro atoms. The van der Waals surface area contributed by atoms with Crippen LogP contribution in [0.3, 0.4) is 0 Å². The van der Waals surface area contributed by atoms with Gasteiger partial charge in [-0.25, -0.2) is 4.98 Å². The molecule has 8 heteroatoms. The van der Waals surface area contributed by atoms with Crippen LogP contribution in [-0.4, -0.2) is 27.1 Å². The zero-order valence-corrected chi connectivity index (χ0v) is 16.3. The molecule has 3 aromatic rings. The van der Waals surface area contributed by atoms with E-state index in [-0.39, 0.29) is 11.7 Å². The van der Waals surface area contributed by atoms with Gasteiger partial charge in [0.15, 0.2) is 0 Å². The summed E-state index contributed by atoms with van der Waals surface area (Å²) in [5.41, 5.74) is 13.9. The van der Waals surface area contributed by atoms with Gasteiger partial charge < -0.3 is 31.6 Å². The van der Waals surface area contributed by atoms with Gasteiger partial charge in [-0.2, -0.15) is 0 Å². The number of hydrogen-bond acceptors (Lipinski definition) is 6. The Morgan fingerprint density at radius 1 is 1.28 bits per heavy atom. The first-order valence-electron chi connectivity index (χ1n) is 9.30. The normalized spacial score (nSPS) is 12.9. The predicted molar refractivity (Wildman–Crippen MR) is 113 cm³/mol. The van der Waals surface area contributed by atoms with E-state index in [4.69, 9.17) is 16.2 Å². The number of nitrogen functional groups attached to an aromatic ring is 2. The predicted octanol–water partition coefficient (Wildman–Crippen LogP) is 3.17. The second-order valence-corrected chi connectivity index (χ2v) is 6.80. The fourth-order valence-corrected chi connectivity index (χ4v) is 3.05. The van der Waals surface area contributed by atoms with Crippen LogP contribution in [0.2, 0.25) is 0 Å². The number of anilines is 3. The lowest BCUT2D eigenvalue weighted by molar-refractivity contribution is -0.119. The molecule has 1 aromatic heterocycles. The van der Waals surface area contributed by atoms with Crippen molar-refractivity contribution in [3.05, 3.63) is 60.2 Å². The number of H-pyrrole nitrogens is 1. The maximum absolute atomic E-state index is 13.2.